The monoisotopic (exact) mass is 448 g/mol. The van der Waals surface area contributed by atoms with E-state index in [1.54, 1.807) is 6.07 Å². The van der Waals surface area contributed by atoms with Gasteiger partial charge in [0.05, 0.1) is 10.3 Å². The van der Waals surface area contributed by atoms with Gasteiger partial charge in [0.2, 0.25) is 5.91 Å². The number of para-hydroxylation sites is 1. The summed E-state index contributed by atoms with van der Waals surface area (Å²) in [6, 6.07) is 7.80. The van der Waals surface area contributed by atoms with Crippen LogP contribution in [0.5, 0.6) is 5.75 Å². The Bertz CT molecular complexity index is 865. The SMILES string of the molecule is CC(Sc1nnc(COc2ccccc2Cl)n1C1CC1)C(=O)NCC1CCCCC1. The van der Waals surface area contributed by atoms with Crippen LogP contribution in [0.3, 0.4) is 0 Å². The van der Waals surface area contributed by atoms with Gasteiger partial charge in [-0.2, -0.15) is 0 Å². The van der Waals surface area contributed by atoms with Crippen LogP contribution >= 0.6 is 23.4 Å². The van der Waals surface area contributed by atoms with E-state index in [1.807, 2.05) is 25.1 Å². The number of nitrogens with one attached hydrogen (secondary N) is 1. The lowest BCUT2D eigenvalue weighted by Gasteiger charge is -2.22. The van der Waals surface area contributed by atoms with Gasteiger partial charge < -0.3 is 10.1 Å². The summed E-state index contributed by atoms with van der Waals surface area (Å²) in [5, 5.41) is 13.0. The minimum absolute atomic E-state index is 0.0739. The van der Waals surface area contributed by atoms with Crippen molar-refractivity contribution in [1.29, 1.82) is 0 Å². The molecular formula is C22H29ClN4O2S. The van der Waals surface area contributed by atoms with Crippen LogP contribution in [0.4, 0.5) is 0 Å². The summed E-state index contributed by atoms with van der Waals surface area (Å²) >= 11 is 7.66. The number of aromatic nitrogens is 3. The van der Waals surface area contributed by atoms with Crippen LogP contribution in [0, 0.1) is 5.92 Å². The van der Waals surface area contributed by atoms with Crippen LogP contribution in [0.2, 0.25) is 5.02 Å². The summed E-state index contributed by atoms with van der Waals surface area (Å²) in [5.74, 6) is 2.11. The third kappa shape index (κ3) is 5.49. The molecule has 0 radical (unpaired) electrons. The lowest BCUT2D eigenvalue weighted by molar-refractivity contribution is -0.120. The van der Waals surface area contributed by atoms with Crippen LogP contribution < -0.4 is 10.1 Å². The van der Waals surface area contributed by atoms with Gasteiger partial charge in [0.1, 0.15) is 12.4 Å². The number of benzene rings is 1. The second-order valence-electron chi connectivity index (χ2n) is 8.23. The van der Waals surface area contributed by atoms with Crippen molar-refractivity contribution < 1.29 is 9.53 Å². The zero-order valence-electron chi connectivity index (χ0n) is 17.3. The van der Waals surface area contributed by atoms with E-state index < -0.39 is 0 Å². The number of nitrogens with zero attached hydrogens (tertiary/aromatic N) is 3. The molecule has 1 heterocycles. The molecule has 8 heteroatoms. The van der Waals surface area contributed by atoms with Crippen molar-refractivity contribution in [2.45, 2.75) is 74.9 Å². The molecule has 0 aliphatic heterocycles. The second kappa shape index (κ2) is 10.1. The summed E-state index contributed by atoms with van der Waals surface area (Å²) in [5.41, 5.74) is 0. The first-order chi connectivity index (χ1) is 14.6. The molecule has 4 rings (SSSR count). The minimum atomic E-state index is -0.215. The zero-order valence-corrected chi connectivity index (χ0v) is 18.9. The quantitative estimate of drug-likeness (QED) is 0.545. The van der Waals surface area contributed by atoms with Crippen LogP contribution in [0.25, 0.3) is 0 Å². The maximum absolute atomic E-state index is 12.6. The molecule has 1 N–H and O–H groups in total. The molecule has 162 valence electrons. The van der Waals surface area contributed by atoms with Gasteiger partial charge in [-0.05, 0) is 50.7 Å². The predicted octanol–water partition coefficient (Wildman–Crippen LogP) is 5.02. The summed E-state index contributed by atoms with van der Waals surface area (Å²) < 4.78 is 8.00. The summed E-state index contributed by atoms with van der Waals surface area (Å²) in [4.78, 5) is 12.6. The number of rotatable bonds is 9. The summed E-state index contributed by atoms with van der Waals surface area (Å²) in [6.07, 6.45) is 8.57. The number of amides is 1. The molecule has 2 aliphatic carbocycles. The first-order valence-corrected chi connectivity index (χ1v) is 12.1. The fourth-order valence-corrected chi connectivity index (χ4v) is 5.03. The van der Waals surface area contributed by atoms with Crippen LogP contribution in [-0.2, 0) is 11.4 Å². The Morgan fingerprint density at radius 2 is 2.00 bits per heavy atom. The topological polar surface area (TPSA) is 69.0 Å². The van der Waals surface area contributed by atoms with E-state index in [9.17, 15) is 4.79 Å². The van der Waals surface area contributed by atoms with Crippen molar-refractivity contribution in [2.75, 3.05) is 6.54 Å². The molecule has 2 fully saturated rings. The van der Waals surface area contributed by atoms with E-state index >= 15 is 0 Å². The van der Waals surface area contributed by atoms with Crippen molar-refractivity contribution in [3.63, 3.8) is 0 Å². The second-order valence-corrected chi connectivity index (χ2v) is 9.94. The molecule has 1 atom stereocenters. The normalized spacial score (nSPS) is 18.2. The molecule has 2 saturated carbocycles. The van der Waals surface area contributed by atoms with Crippen molar-refractivity contribution in [1.82, 2.24) is 20.1 Å². The number of carbonyl (C=O) groups is 1. The Kier molecular flexibility index (Phi) is 7.20. The van der Waals surface area contributed by atoms with E-state index in [2.05, 4.69) is 20.1 Å². The van der Waals surface area contributed by atoms with E-state index in [-0.39, 0.29) is 11.2 Å². The van der Waals surface area contributed by atoms with Crippen molar-refractivity contribution >= 4 is 29.3 Å². The fourth-order valence-electron chi connectivity index (χ4n) is 3.88. The number of halogens is 1. The molecule has 0 bridgehead atoms. The third-order valence-corrected chi connectivity index (χ3v) is 7.15. The Balaban J connectivity index is 1.35. The number of ether oxygens (including phenoxy) is 1. The standard InChI is InChI=1S/C22H29ClN4O2S/c1-15(21(28)24-13-16-7-3-2-4-8-16)30-22-26-25-20(27(22)17-11-12-17)14-29-19-10-6-5-9-18(19)23/h5-6,9-10,15-17H,2-4,7-8,11-14H2,1H3,(H,24,28). The first kappa shape index (κ1) is 21.5. The molecule has 30 heavy (non-hydrogen) atoms. The Labute approximate surface area is 187 Å². The summed E-state index contributed by atoms with van der Waals surface area (Å²) in [7, 11) is 0. The largest absolute Gasteiger partial charge is 0.484 e. The number of hydrogen-bond donors (Lipinski definition) is 1. The highest BCUT2D eigenvalue weighted by Crippen LogP contribution is 2.40. The molecule has 0 spiro atoms. The predicted molar refractivity (Wildman–Crippen MR) is 119 cm³/mol. The van der Waals surface area contributed by atoms with Gasteiger partial charge in [0, 0.05) is 12.6 Å². The van der Waals surface area contributed by atoms with Gasteiger partial charge in [-0.3, -0.25) is 9.36 Å². The highest BCUT2D eigenvalue weighted by molar-refractivity contribution is 8.00. The molecule has 0 saturated heterocycles. The van der Waals surface area contributed by atoms with Crippen LogP contribution in [0.15, 0.2) is 29.4 Å². The minimum Gasteiger partial charge on any atom is -0.484 e. The lowest BCUT2D eigenvalue weighted by Crippen LogP contribution is -2.35. The van der Waals surface area contributed by atoms with Crippen molar-refractivity contribution in [3.05, 3.63) is 35.1 Å². The van der Waals surface area contributed by atoms with E-state index in [0.29, 0.717) is 29.3 Å². The van der Waals surface area contributed by atoms with E-state index in [1.165, 1.54) is 43.9 Å². The number of carbonyl (C=O) groups excluding carboxylic acids is 1. The Morgan fingerprint density at radius 1 is 1.23 bits per heavy atom. The lowest BCUT2D eigenvalue weighted by atomic mass is 9.89. The zero-order chi connectivity index (χ0) is 20.9. The molecule has 2 aromatic rings. The maximum atomic E-state index is 12.6. The van der Waals surface area contributed by atoms with Crippen LogP contribution in [0.1, 0.15) is 63.7 Å². The fraction of sp³-hybridized carbons (Fsp3) is 0.591. The van der Waals surface area contributed by atoms with Gasteiger partial charge >= 0.3 is 0 Å². The molecule has 1 amide bonds. The van der Waals surface area contributed by atoms with Gasteiger partial charge in [-0.1, -0.05) is 54.8 Å². The Morgan fingerprint density at radius 3 is 2.73 bits per heavy atom. The average molecular weight is 449 g/mol. The van der Waals surface area contributed by atoms with E-state index in [4.69, 9.17) is 16.3 Å². The number of hydrogen-bond acceptors (Lipinski definition) is 5. The highest BCUT2D eigenvalue weighted by Gasteiger charge is 2.31. The van der Waals surface area contributed by atoms with Crippen LogP contribution in [-0.4, -0.2) is 32.5 Å². The molecule has 6 nitrogen and oxygen atoms in total. The smallest absolute Gasteiger partial charge is 0.233 e. The molecule has 1 unspecified atom stereocenters. The molecule has 1 aromatic heterocycles. The van der Waals surface area contributed by atoms with Crippen molar-refractivity contribution in [3.8, 4) is 5.75 Å². The molecule has 2 aliphatic rings. The maximum Gasteiger partial charge on any atom is 0.233 e. The average Bonchev–Trinajstić information content (AvgIpc) is 3.53. The highest BCUT2D eigenvalue weighted by atomic mass is 35.5. The molecular weight excluding hydrogens is 420 g/mol. The van der Waals surface area contributed by atoms with Gasteiger partial charge in [-0.25, -0.2) is 0 Å². The van der Waals surface area contributed by atoms with E-state index in [0.717, 1.165) is 30.4 Å². The van der Waals surface area contributed by atoms with Crippen molar-refractivity contribution in [2.24, 2.45) is 5.92 Å². The summed E-state index contributed by atoms with van der Waals surface area (Å²) in [6.45, 7) is 3.03. The first-order valence-electron chi connectivity index (χ1n) is 10.9. The van der Waals surface area contributed by atoms with Gasteiger partial charge in [0.15, 0.2) is 11.0 Å². The third-order valence-electron chi connectivity index (χ3n) is 5.78. The Hall–Kier alpha value is -1.73. The number of thioether (sulfide) groups is 1. The van der Waals surface area contributed by atoms with Gasteiger partial charge in [0.25, 0.3) is 0 Å². The molecule has 1 aromatic carbocycles. The van der Waals surface area contributed by atoms with Gasteiger partial charge in [-0.15, -0.1) is 10.2 Å².